The standard InChI is InChI=1S/C15H22N4O/c1-18(2)10-5-8-16-9-11-19-15(20)14-7-4-3-6-13(14)12-17-19/h3-4,6-7,12,16H,5,8-11H2,1-2H3. The SMILES string of the molecule is CN(C)CCCNCCn1ncc2ccccc2c1=O. The molecule has 0 fully saturated rings. The summed E-state index contributed by atoms with van der Waals surface area (Å²) in [4.78, 5) is 14.4. The summed E-state index contributed by atoms with van der Waals surface area (Å²) in [5.41, 5.74) is -0.0156. The molecule has 5 heteroatoms. The van der Waals surface area contributed by atoms with Gasteiger partial charge in [-0.1, -0.05) is 18.2 Å². The number of nitrogens with zero attached hydrogens (tertiary/aromatic N) is 3. The van der Waals surface area contributed by atoms with Crippen LogP contribution in [0.5, 0.6) is 0 Å². The summed E-state index contributed by atoms with van der Waals surface area (Å²) in [6.45, 7) is 3.39. The zero-order valence-electron chi connectivity index (χ0n) is 12.2. The van der Waals surface area contributed by atoms with E-state index in [1.54, 1.807) is 6.20 Å². The molecule has 0 saturated carbocycles. The first-order valence-electron chi connectivity index (χ1n) is 6.99. The molecule has 0 aliphatic rings. The van der Waals surface area contributed by atoms with E-state index in [9.17, 15) is 4.79 Å². The first kappa shape index (κ1) is 14.7. The Morgan fingerprint density at radius 2 is 2.05 bits per heavy atom. The maximum atomic E-state index is 12.2. The van der Waals surface area contributed by atoms with Crippen LogP contribution in [0.15, 0.2) is 35.3 Å². The molecule has 1 aromatic carbocycles. The van der Waals surface area contributed by atoms with Gasteiger partial charge in [0.15, 0.2) is 0 Å². The summed E-state index contributed by atoms with van der Waals surface area (Å²) in [6, 6.07) is 7.56. The number of hydrogen-bond donors (Lipinski definition) is 1. The lowest BCUT2D eigenvalue weighted by atomic mass is 10.2. The number of nitrogens with one attached hydrogen (secondary N) is 1. The molecule has 0 aliphatic heterocycles. The monoisotopic (exact) mass is 274 g/mol. The lowest BCUT2D eigenvalue weighted by Crippen LogP contribution is -2.30. The van der Waals surface area contributed by atoms with Crippen molar-refractivity contribution in [2.75, 3.05) is 33.7 Å². The van der Waals surface area contributed by atoms with Crippen molar-refractivity contribution in [3.8, 4) is 0 Å². The Hall–Kier alpha value is -1.72. The third-order valence-corrected chi connectivity index (χ3v) is 3.22. The second-order valence-corrected chi connectivity index (χ2v) is 5.17. The average Bonchev–Trinajstić information content (AvgIpc) is 2.45. The molecule has 108 valence electrons. The molecule has 0 bridgehead atoms. The Bertz CT molecular complexity index is 606. The maximum Gasteiger partial charge on any atom is 0.274 e. The van der Waals surface area contributed by atoms with Crippen molar-refractivity contribution in [2.24, 2.45) is 0 Å². The van der Waals surface area contributed by atoms with Crippen LogP contribution in [0.25, 0.3) is 10.8 Å². The average molecular weight is 274 g/mol. The van der Waals surface area contributed by atoms with E-state index in [0.717, 1.165) is 36.8 Å². The number of benzene rings is 1. The summed E-state index contributed by atoms with van der Waals surface area (Å²) in [5, 5.41) is 9.17. The number of rotatable bonds is 7. The first-order chi connectivity index (χ1) is 9.68. The van der Waals surface area contributed by atoms with Gasteiger partial charge in [0, 0.05) is 11.9 Å². The van der Waals surface area contributed by atoms with Crippen molar-refractivity contribution in [3.63, 3.8) is 0 Å². The summed E-state index contributed by atoms with van der Waals surface area (Å²) in [5.74, 6) is 0. The van der Waals surface area contributed by atoms with Crippen molar-refractivity contribution < 1.29 is 0 Å². The van der Waals surface area contributed by atoms with Crippen LogP contribution in [0.3, 0.4) is 0 Å². The minimum atomic E-state index is -0.0156. The van der Waals surface area contributed by atoms with E-state index in [-0.39, 0.29) is 5.56 Å². The van der Waals surface area contributed by atoms with Gasteiger partial charge in [-0.15, -0.1) is 0 Å². The van der Waals surface area contributed by atoms with Crippen LogP contribution in [0.1, 0.15) is 6.42 Å². The predicted octanol–water partition coefficient (Wildman–Crippen LogP) is 0.938. The lowest BCUT2D eigenvalue weighted by molar-refractivity contribution is 0.392. The van der Waals surface area contributed by atoms with Crippen LogP contribution in [-0.2, 0) is 6.54 Å². The Kier molecular flexibility index (Phi) is 5.26. The second-order valence-electron chi connectivity index (χ2n) is 5.17. The molecule has 0 unspecified atom stereocenters. The van der Waals surface area contributed by atoms with Gasteiger partial charge < -0.3 is 10.2 Å². The predicted molar refractivity (Wildman–Crippen MR) is 82.0 cm³/mol. The molecular formula is C15H22N4O. The van der Waals surface area contributed by atoms with E-state index in [1.165, 1.54) is 4.68 Å². The molecule has 2 aromatic rings. The molecular weight excluding hydrogens is 252 g/mol. The summed E-state index contributed by atoms with van der Waals surface area (Å²) >= 11 is 0. The number of fused-ring (bicyclic) bond motifs is 1. The quantitative estimate of drug-likeness (QED) is 0.763. The first-order valence-corrected chi connectivity index (χ1v) is 6.99. The van der Waals surface area contributed by atoms with Crippen LogP contribution in [0.2, 0.25) is 0 Å². The van der Waals surface area contributed by atoms with Crippen LogP contribution in [0.4, 0.5) is 0 Å². The second kappa shape index (κ2) is 7.17. The fourth-order valence-electron chi connectivity index (χ4n) is 2.12. The van der Waals surface area contributed by atoms with Crippen LogP contribution in [0, 0.1) is 0 Å². The van der Waals surface area contributed by atoms with Crippen molar-refractivity contribution >= 4 is 10.8 Å². The van der Waals surface area contributed by atoms with Gasteiger partial charge in [0.2, 0.25) is 0 Å². The molecule has 1 heterocycles. The highest BCUT2D eigenvalue weighted by Gasteiger charge is 2.02. The van der Waals surface area contributed by atoms with Crippen molar-refractivity contribution in [1.29, 1.82) is 0 Å². The van der Waals surface area contributed by atoms with E-state index >= 15 is 0 Å². The molecule has 0 amide bonds. The molecule has 0 spiro atoms. The van der Waals surface area contributed by atoms with Gasteiger partial charge in [-0.2, -0.15) is 5.10 Å². The van der Waals surface area contributed by atoms with Gasteiger partial charge in [0.05, 0.1) is 18.1 Å². The molecule has 0 atom stereocenters. The fraction of sp³-hybridized carbons (Fsp3) is 0.467. The van der Waals surface area contributed by atoms with Gasteiger partial charge in [-0.05, 0) is 39.7 Å². The topological polar surface area (TPSA) is 50.2 Å². The summed E-state index contributed by atoms with van der Waals surface area (Å²) in [6.07, 6.45) is 2.86. The molecule has 1 N–H and O–H groups in total. The van der Waals surface area contributed by atoms with Gasteiger partial charge in [-0.3, -0.25) is 4.79 Å². The van der Waals surface area contributed by atoms with E-state index in [0.29, 0.717) is 6.54 Å². The number of hydrogen-bond acceptors (Lipinski definition) is 4. The minimum absolute atomic E-state index is 0.0156. The van der Waals surface area contributed by atoms with Crippen LogP contribution < -0.4 is 10.9 Å². The number of aromatic nitrogens is 2. The van der Waals surface area contributed by atoms with Gasteiger partial charge in [-0.25, -0.2) is 4.68 Å². The largest absolute Gasteiger partial charge is 0.315 e. The maximum absolute atomic E-state index is 12.2. The van der Waals surface area contributed by atoms with E-state index in [2.05, 4.69) is 29.4 Å². The minimum Gasteiger partial charge on any atom is -0.315 e. The van der Waals surface area contributed by atoms with Gasteiger partial charge >= 0.3 is 0 Å². The van der Waals surface area contributed by atoms with E-state index in [4.69, 9.17) is 0 Å². The Labute approximate surface area is 119 Å². The van der Waals surface area contributed by atoms with Crippen LogP contribution >= 0.6 is 0 Å². The van der Waals surface area contributed by atoms with Crippen molar-refractivity contribution in [2.45, 2.75) is 13.0 Å². The third kappa shape index (κ3) is 3.88. The summed E-state index contributed by atoms with van der Waals surface area (Å²) in [7, 11) is 4.14. The van der Waals surface area contributed by atoms with Gasteiger partial charge in [0.25, 0.3) is 5.56 Å². The molecule has 5 nitrogen and oxygen atoms in total. The van der Waals surface area contributed by atoms with Crippen molar-refractivity contribution in [1.82, 2.24) is 20.0 Å². The molecule has 1 aromatic heterocycles. The highest BCUT2D eigenvalue weighted by molar-refractivity contribution is 5.80. The molecule has 2 rings (SSSR count). The fourth-order valence-corrected chi connectivity index (χ4v) is 2.12. The zero-order chi connectivity index (χ0) is 14.4. The highest BCUT2D eigenvalue weighted by atomic mass is 16.1. The Balaban J connectivity index is 1.87. The Morgan fingerprint density at radius 1 is 1.25 bits per heavy atom. The highest BCUT2D eigenvalue weighted by Crippen LogP contribution is 2.05. The molecule has 0 radical (unpaired) electrons. The molecule has 20 heavy (non-hydrogen) atoms. The van der Waals surface area contributed by atoms with E-state index < -0.39 is 0 Å². The van der Waals surface area contributed by atoms with Gasteiger partial charge in [0.1, 0.15) is 0 Å². The normalized spacial score (nSPS) is 11.3. The van der Waals surface area contributed by atoms with Crippen molar-refractivity contribution in [3.05, 3.63) is 40.8 Å². The molecule has 0 aliphatic carbocycles. The van der Waals surface area contributed by atoms with Crippen LogP contribution in [-0.4, -0.2) is 48.4 Å². The lowest BCUT2D eigenvalue weighted by Gasteiger charge is -2.10. The smallest absolute Gasteiger partial charge is 0.274 e. The third-order valence-electron chi connectivity index (χ3n) is 3.22. The zero-order valence-corrected chi connectivity index (χ0v) is 12.2. The Morgan fingerprint density at radius 3 is 2.85 bits per heavy atom. The molecule has 0 saturated heterocycles. The van der Waals surface area contributed by atoms with E-state index in [1.807, 2.05) is 24.3 Å². The summed E-state index contributed by atoms with van der Waals surface area (Å²) < 4.78 is 1.53.